The molecule has 0 saturated heterocycles. The zero-order valence-electron chi connectivity index (χ0n) is 14.3. The van der Waals surface area contributed by atoms with Crippen LogP contribution in [0.3, 0.4) is 0 Å². The Balaban J connectivity index is 1.87. The molecular formula is C22H12Br2O4. The van der Waals surface area contributed by atoms with Crippen LogP contribution in [0, 0.1) is 0 Å². The molecule has 0 aliphatic rings. The van der Waals surface area contributed by atoms with Crippen LogP contribution in [0.1, 0.15) is 41.4 Å². The highest BCUT2D eigenvalue weighted by molar-refractivity contribution is 9.10. The van der Waals surface area contributed by atoms with Gasteiger partial charge in [-0.05, 0) is 30.3 Å². The molecule has 0 aromatic heterocycles. The molecule has 6 heteroatoms. The Morgan fingerprint density at radius 1 is 0.464 bits per heavy atom. The standard InChI is InChI=1S/C22H12Br2O4/c23-17-8-2-6-15(11-17)21(27)19(25)13-4-1-5-14(10-13)20(26)22(28)16-7-3-9-18(24)12-16/h1-12H. The quantitative estimate of drug-likeness (QED) is 0.339. The molecule has 3 aromatic rings. The van der Waals surface area contributed by atoms with Crippen molar-refractivity contribution in [3.05, 3.63) is 104 Å². The van der Waals surface area contributed by atoms with E-state index in [1.54, 1.807) is 36.4 Å². The van der Waals surface area contributed by atoms with Crippen molar-refractivity contribution < 1.29 is 19.2 Å². The molecule has 0 aliphatic carbocycles. The first-order chi connectivity index (χ1) is 13.4. The van der Waals surface area contributed by atoms with E-state index >= 15 is 0 Å². The van der Waals surface area contributed by atoms with Crippen LogP contribution in [0.4, 0.5) is 0 Å². The summed E-state index contributed by atoms with van der Waals surface area (Å²) in [6.07, 6.45) is 0. The molecule has 0 fully saturated rings. The molecule has 3 aromatic carbocycles. The van der Waals surface area contributed by atoms with Crippen molar-refractivity contribution in [3.63, 3.8) is 0 Å². The van der Waals surface area contributed by atoms with Crippen molar-refractivity contribution >= 4 is 55.0 Å². The van der Waals surface area contributed by atoms with Crippen LogP contribution >= 0.6 is 31.9 Å². The van der Waals surface area contributed by atoms with Crippen LogP contribution in [-0.4, -0.2) is 23.1 Å². The Kier molecular flexibility index (Phi) is 6.11. The molecule has 138 valence electrons. The van der Waals surface area contributed by atoms with E-state index in [1.807, 2.05) is 0 Å². The third-order valence-electron chi connectivity index (χ3n) is 3.97. The van der Waals surface area contributed by atoms with Gasteiger partial charge in [-0.15, -0.1) is 0 Å². The van der Waals surface area contributed by atoms with E-state index in [4.69, 9.17) is 0 Å². The number of rotatable bonds is 6. The molecule has 0 N–H and O–H groups in total. The van der Waals surface area contributed by atoms with E-state index in [0.29, 0.717) is 8.95 Å². The first kappa shape index (κ1) is 20.0. The van der Waals surface area contributed by atoms with Crippen molar-refractivity contribution in [2.75, 3.05) is 0 Å². The molecule has 0 saturated carbocycles. The zero-order valence-corrected chi connectivity index (χ0v) is 17.5. The van der Waals surface area contributed by atoms with E-state index in [9.17, 15) is 19.2 Å². The van der Waals surface area contributed by atoms with Gasteiger partial charge in [-0.2, -0.15) is 0 Å². The van der Waals surface area contributed by atoms with Gasteiger partial charge >= 0.3 is 0 Å². The molecule has 0 heterocycles. The Bertz CT molecular complexity index is 1030. The van der Waals surface area contributed by atoms with Gasteiger partial charge in [-0.3, -0.25) is 19.2 Å². The minimum atomic E-state index is -0.748. The van der Waals surface area contributed by atoms with E-state index in [-0.39, 0.29) is 22.3 Å². The summed E-state index contributed by atoms with van der Waals surface area (Å²) in [6.45, 7) is 0. The van der Waals surface area contributed by atoms with Gasteiger partial charge in [0.05, 0.1) is 0 Å². The SMILES string of the molecule is O=C(C(=O)c1cccc(C(=O)C(=O)c2cccc(Br)c2)c1)c1cccc(Br)c1. The summed E-state index contributed by atoms with van der Waals surface area (Å²) in [5, 5.41) is 0. The molecule has 0 bridgehead atoms. The second-order valence-corrected chi connectivity index (χ2v) is 7.75. The minimum Gasteiger partial charge on any atom is -0.285 e. The number of benzene rings is 3. The summed E-state index contributed by atoms with van der Waals surface area (Å²) in [6, 6.07) is 18.6. The van der Waals surface area contributed by atoms with Crippen LogP contribution < -0.4 is 0 Å². The number of ketones is 4. The summed E-state index contributed by atoms with van der Waals surface area (Å²) in [4.78, 5) is 50.0. The number of carbonyl (C=O) groups is 4. The summed E-state index contributed by atoms with van der Waals surface area (Å²) < 4.78 is 1.35. The lowest BCUT2D eigenvalue weighted by Crippen LogP contribution is -2.17. The Hall–Kier alpha value is -2.70. The number of carbonyl (C=O) groups excluding carboxylic acids is 4. The average molecular weight is 500 g/mol. The number of Topliss-reactive ketones (excluding diaryl/α,β-unsaturated/α-hetero) is 4. The summed E-state index contributed by atoms with van der Waals surface area (Å²) in [5.74, 6) is -2.88. The smallest absolute Gasteiger partial charge is 0.233 e. The molecule has 0 unspecified atom stereocenters. The first-order valence-electron chi connectivity index (χ1n) is 8.16. The second-order valence-electron chi connectivity index (χ2n) is 5.92. The topological polar surface area (TPSA) is 68.3 Å². The lowest BCUT2D eigenvalue weighted by molar-refractivity contribution is 0.0812. The van der Waals surface area contributed by atoms with Gasteiger partial charge in [0.1, 0.15) is 0 Å². The Morgan fingerprint density at radius 2 is 0.750 bits per heavy atom. The average Bonchev–Trinajstić information content (AvgIpc) is 2.71. The molecule has 0 aliphatic heterocycles. The van der Waals surface area contributed by atoms with Crippen molar-refractivity contribution in [1.82, 2.24) is 0 Å². The maximum absolute atomic E-state index is 12.5. The highest BCUT2D eigenvalue weighted by atomic mass is 79.9. The molecule has 0 radical (unpaired) electrons. The molecule has 28 heavy (non-hydrogen) atoms. The Labute approximate surface area is 177 Å². The van der Waals surface area contributed by atoms with Crippen LogP contribution in [0.15, 0.2) is 81.7 Å². The second kappa shape index (κ2) is 8.54. The predicted molar refractivity (Wildman–Crippen MR) is 112 cm³/mol. The van der Waals surface area contributed by atoms with Gasteiger partial charge < -0.3 is 0 Å². The van der Waals surface area contributed by atoms with Crippen molar-refractivity contribution in [2.24, 2.45) is 0 Å². The molecule has 0 amide bonds. The molecular weight excluding hydrogens is 488 g/mol. The molecule has 3 rings (SSSR count). The maximum Gasteiger partial charge on any atom is 0.233 e. The van der Waals surface area contributed by atoms with Gasteiger partial charge in [0.2, 0.25) is 23.1 Å². The largest absolute Gasteiger partial charge is 0.285 e. The third kappa shape index (κ3) is 4.40. The number of halogens is 2. The maximum atomic E-state index is 12.5. The fourth-order valence-corrected chi connectivity index (χ4v) is 3.38. The van der Waals surface area contributed by atoms with E-state index < -0.39 is 23.1 Å². The van der Waals surface area contributed by atoms with Gasteiger partial charge in [0.25, 0.3) is 0 Å². The van der Waals surface area contributed by atoms with Crippen LogP contribution in [-0.2, 0) is 0 Å². The zero-order chi connectivity index (χ0) is 20.3. The number of hydrogen-bond donors (Lipinski definition) is 0. The Morgan fingerprint density at radius 3 is 1.07 bits per heavy atom. The van der Waals surface area contributed by atoms with Crippen LogP contribution in [0.25, 0.3) is 0 Å². The van der Waals surface area contributed by atoms with Crippen molar-refractivity contribution in [3.8, 4) is 0 Å². The lowest BCUT2D eigenvalue weighted by Gasteiger charge is -2.05. The number of hydrogen-bond acceptors (Lipinski definition) is 4. The molecule has 4 nitrogen and oxygen atoms in total. The van der Waals surface area contributed by atoms with Gasteiger partial charge in [0.15, 0.2) is 0 Å². The minimum absolute atomic E-state index is 0.0536. The van der Waals surface area contributed by atoms with E-state index in [1.165, 1.54) is 36.4 Å². The molecule has 0 spiro atoms. The van der Waals surface area contributed by atoms with Crippen LogP contribution in [0.2, 0.25) is 0 Å². The third-order valence-corrected chi connectivity index (χ3v) is 4.96. The highest BCUT2D eigenvalue weighted by Crippen LogP contribution is 2.17. The van der Waals surface area contributed by atoms with Crippen molar-refractivity contribution in [2.45, 2.75) is 0 Å². The normalized spacial score (nSPS) is 10.4. The van der Waals surface area contributed by atoms with Crippen LogP contribution in [0.5, 0.6) is 0 Å². The van der Waals surface area contributed by atoms with E-state index in [2.05, 4.69) is 31.9 Å². The van der Waals surface area contributed by atoms with Crippen molar-refractivity contribution in [1.29, 1.82) is 0 Å². The predicted octanol–water partition coefficient (Wildman–Crippen LogP) is 5.34. The summed E-state index contributed by atoms with van der Waals surface area (Å²) >= 11 is 6.52. The monoisotopic (exact) mass is 498 g/mol. The first-order valence-corrected chi connectivity index (χ1v) is 9.74. The fourth-order valence-electron chi connectivity index (χ4n) is 2.59. The lowest BCUT2D eigenvalue weighted by atomic mass is 9.96. The van der Waals surface area contributed by atoms with Gasteiger partial charge in [0, 0.05) is 31.2 Å². The molecule has 0 atom stereocenters. The van der Waals surface area contributed by atoms with Gasteiger partial charge in [-0.1, -0.05) is 74.3 Å². The fraction of sp³-hybridized carbons (Fsp3) is 0. The highest BCUT2D eigenvalue weighted by Gasteiger charge is 2.22. The van der Waals surface area contributed by atoms with E-state index in [0.717, 1.165) is 0 Å². The summed E-state index contributed by atoms with van der Waals surface area (Å²) in [5.41, 5.74) is 0.582. The van der Waals surface area contributed by atoms with Gasteiger partial charge in [-0.25, -0.2) is 0 Å². The summed E-state index contributed by atoms with van der Waals surface area (Å²) in [7, 11) is 0.